The number of nitrogens with zero attached hydrogens (tertiary/aromatic N) is 1. The topological polar surface area (TPSA) is 72.5 Å². The Balaban J connectivity index is 0. The van der Waals surface area contributed by atoms with Gasteiger partial charge in [-0.25, -0.2) is 0 Å². The van der Waals surface area contributed by atoms with Crippen LogP contribution in [0.5, 0.6) is 0 Å². The summed E-state index contributed by atoms with van der Waals surface area (Å²) in [7, 11) is 0. The van der Waals surface area contributed by atoms with Crippen molar-refractivity contribution in [2.45, 2.75) is 110 Å². The van der Waals surface area contributed by atoms with Gasteiger partial charge in [0.25, 0.3) is 0 Å². The van der Waals surface area contributed by atoms with Gasteiger partial charge in [0.1, 0.15) is 0 Å². The molecule has 4 nitrogen and oxygen atoms in total. The first kappa shape index (κ1) is 26.0. The first-order chi connectivity index (χ1) is 12.2. The minimum atomic E-state index is -0.164. The number of nitrogens with two attached hydrogens (primary N) is 1. The number of unbranched alkanes of at least 4 members (excludes halogenated alkanes) is 11. The fraction of sp³-hybridized carbons (Fsp3) is 0.857. The molecule has 4 heteroatoms. The van der Waals surface area contributed by atoms with Crippen molar-refractivity contribution in [2.75, 3.05) is 6.54 Å². The molecule has 2 N–H and O–H groups in total. The molecule has 0 atom stereocenters. The van der Waals surface area contributed by atoms with Crippen LogP contribution in [0.3, 0.4) is 0 Å². The average Bonchev–Trinajstić information content (AvgIpc) is 2.59. The Morgan fingerprint density at radius 3 is 1.64 bits per heavy atom. The Kier molecular flexibility index (Phi) is 26.1. The molecule has 1 amide bonds. The normalized spacial score (nSPS) is 10.5. The van der Waals surface area contributed by atoms with Crippen LogP contribution in [0.4, 0.5) is 0 Å². The zero-order chi connectivity index (χ0) is 19.0. The van der Waals surface area contributed by atoms with Crippen LogP contribution in [0.2, 0.25) is 0 Å². The molecular weight excluding hydrogens is 312 g/mol. The molecule has 0 aliphatic carbocycles. The van der Waals surface area contributed by atoms with Crippen LogP contribution in [0.15, 0.2) is 17.3 Å². The third-order valence-electron chi connectivity index (χ3n) is 4.00. The molecule has 0 fully saturated rings. The molecule has 0 aromatic heterocycles. The molecule has 0 heterocycles. The summed E-state index contributed by atoms with van der Waals surface area (Å²) in [5, 5.41) is 2.60. The summed E-state index contributed by atoms with van der Waals surface area (Å²) in [4.78, 5) is 19.7. The molecule has 0 saturated carbocycles. The maximum Gasteiger partial charge on any atom is 0.217 e. The summed E-state index contributed by atoms with van der Waals surface area (Å²) in [5.74, 6) is -0.164. The van der Waals surface area contributed by atoms with Gasteiger partial charge in [-0.05, 0) is 38.5 Å². The summed E-state index contributed by atoms with van der Waals surface area (Å²) in [5.41, 5.74) is 5.10. The highest BCUT2D eigenvalue weighted by Gasteiger charge is 1.94. The van der Waals surface area contributed by atoms with Crippen molar-refractivity contribution in [1.29, 1.82) is 0 Å². The van der Waals surface area contributed by atoms with Crippen LogP contribution >= 0.6 is 0 Å². The molecule has 0 aromatic carbocycles. The fourth-order valence-electron chi connectivity index (χ4n) is 2.46. The van der Waals surface area contributed by atoms with E-state index in [1.165, 1.54) is 70.6 Å². The van der Waals surface area contributed by atoms with Gasteiger partial charge in [0.05, 0.1) is 6.54 Å². The van der Waals surface area contributed by atoms with Gasteiger partial charge >= 0.3 is 0 Å². The number of hydrogen-bond donors (Lipinski definition) is 1. The molecule has 0 aromatic rings. The third kappa shape index (κ3) is 31.1. The van der Waals surface area contributed by atoms with Crippen molar-refractivity contribution >= 4 is 5.91 Å². The number of carbonyl (C=O) groups excluding carboxylic acids is 1. The van der Waals surface area contributed by atoms with E-state index >= 15 is 0 Å². The van der Waals surface area contributed by atoms with E-state index in [0.29, 0.717) is 13.0 Å². The van der Waals surface area contributed by atoms with Crippen LogP contribution in [-0.2, 0) is 4.79 Å². The lowest BCUT2D eigenvalue weighted by Crippen LogP contribution is -2.09. The molecule has 0 rings (SSSR count). The Hall–Kier alpha value is -1.19. The molecule has 0 aliphatic rings. The standard InChI is InChI=1S/C18H35NO.C3H7NO/c1-2-3-4-5-6-7-8-9-10-11-12-13-14-15-16-17-18(19)20;1-2-3-4-5/h9-10H,2-8,11-17H2,1H3,(H2,19,20);2-3H2,1H3/b10-9-;. The van der Waals surface area contributed by atoms with Crippen molar-refractivity contribution in [3.8, 4) is 0 Å². The maximum atomic E-state index is 10.5. The van der Waals surface area contributed by atoms with E-state index in [1.807, 2.05) is 6.92 Å². The van der Waals surface area contributed by atoms with E-state index in [4.69, 9.17) is 10.6 Å². The van der Waals surface area contributed by atoms with E-state index in [-0.39, 0.29) is 5.91 Å². The molecule has 0 saturated heterocycles. The van der Waals surface area contributed by atoms with Gasteiger partial charge in [-0.15, -0.1) is 0 Å². The van der Waals surface area contributed by atoms with Gasteiger partial charge in [0.2, 0.25) is 5.91 Å². The first-order valence-corrected chi connectivity index (χ1v) is 10.4. The number of carbonyl (C=O) groups is 1. The summed E-state index contributed by atoms with van der Waals surface area (Å²) in [6, 6.07) is 0. The molecule has 0 bridgehead atoms. The number of rotatable bonds is 17. The molecule has 0 radical (unpaired) electrons. The predicted molar refractivity (Wildman–Crippen MR) is 110 cm³/mol. The lowest BCUT2D eigenvalue weighted by atomic mass is 10.1. The van der Waals surface area contributed by atoms with Crippen molar-refractivity contribution in [3.05, 3.63) is 17.1 Å². The minimum absolute atomic E-state index is 0.164. The second-order valence-corrected chi connectivity index (χ2v) is 6.65. The molecule has 0 aliphatic heterocycles. The number of amides is 1. The number of nitroso groups, excluding NO2 is 1. The van der Waals surface area contributed by atoms with Gasteiger partial charge in [-0.2, -0.15) is 4.91 Å². The maximum absolute atomic E-state index is 10.5. The number of allylic oxidation sites excluding steroid dienone is 2. The van der Waals surface area contributed by atoms with Gasteiger partial charge in [-0.3, -0.25) is 4.79 Å². The third-order valence-corrected chi connectivity index (χ3v) is 4.00. The molecular formula is C21H42N2O2. The predicted octanol–water partition coefficient (Wildman–Crippen LogP) is 6.67. The average molecular weight is 355 g/mol. The highest BCUT2D eigenvalue weighted by molar-refractivity contribution is 5.73. The van der Waals surface area contributed by atoms with Crippen LogP contribution < -0.4 is 5.73 Å². The van der Waals surface area contributed by atoms with Gasteiger partial charge in [0, 0.05) is 6.42 Å². The van der Waals surface area contributed by atoms with Crippen LogP contribution in [0, 0.1) is 4.91 Å². The SMILES string of the molecule is CCCCCCCC/C=C\CCCCCCCC(N)=O.CCCN=O. The van der Waals surface area contributed by atoms with Gasteiger partial charge < -0.3 is 5.73 Å². The van der Waals surface area contributed by atoms with Crippen molar-refractivity contribution in [2.24, 2.45) is 10.9 Å². The highest BCUT2D eigenvalue weighted by Crippen LogP contribution is 2.09. The lowest BCUT2D eigenvalue weighted by molar-refractivity contribution is -0.118. The molecule has 0 spiro atoms. The summed E-state index contributed by atoms with van der Waals surface area (Å²) in [6.07, 6.45) is 22.8. The molecule has 0 unspecified atom stereocenters. The van der Waals surface area contributed by atoms with Crippen LogP contribution in [0.25, 0.3) is 0 Å². The van der Waals surface area contributed by atoms with E-state index in [1.54, 1.807) is 0 Å². The van der Waals surface area contributed by atoms with E-state index in [9.17, 15) is 4.79 Å². The first-order valence-electron chi connectivity index (χ1n) is 10.4. The van der Waals surface area contributed by atoms with Crippen LogP contribution in [-0.4, -0.2) is 12.5 Å². The van der Waals surface area contributed by atoms with Gasteiger partial charge in [-0.1, -0.05) is 82.5 Å². The quantitative estimate of drug-likeness (QED) is 0.180. The lowest BCUT2D eigenvalue weighted by Gasteiger charge is -1.99. The number of hydrogen-bond acceptors (Lipinski definition) is 3. The largest absolute Gasteiger partial charge is 0.370 e. The Bertz CT molecular complexity index is 304. The number of primary amides is 1. The minimum Gasteiger partial charge on any atom is -0.370 e. The summed E-state index contributed by atoms with van der Waals surface area (Å²) < 4.78 is 0. The van der Waals surface area contributed by atoms with Crippen molar-refractivity contribution < 1.29 is 4.79 Å². The van der Waals surface area contributed by atoms with Gasteiger partial charge in [0.15, 0.2) is 0 Å². The zero-order valence-electron chi connectivity index (χ0n) is 16.8. The Labute approximate surface area is 156 Å². The zero-order valence-corrected chi connectivity index (χ0v) is 16.8. The monoisotopic (exact) mass is 354 g/mol. The highest BCUT2D eigenvalue weighted by atomic mass is 16.3. The second-order valence-electron chi connectivity index (χ2n) is 6.65. The van der Waals surface area contributed by atoms with Crippen LogP contribution in [0.1, 0.15) is 110 Å². The Morgan fingerprint density at radius 2 is 1.24 bits per heavy atom. The second kappa shape index (κ2) is 25.1. The summed E-state index contributed by atoms with van der Waals surface area (Å²) in [6.45, 7) is 4.64. The molecule has 148 valence electrons. The Morgan fingerprint density at radius 1 is 0.760 bits per heavy atom. The smallest absolute Gasteiger partial charge is 0.217 e. The van der Waals surface area contributed by atoms with Crippen molar-refractivity contribution in [3.63, 3.8) is 0 Å². The molecule has 25 heavy (non-hydrogen) atoms. The fourth-order valence-corrected chi connectivity index (χ4v) is 2.46. The van der Waals surface area contributed by atoms with E-state index < -0.39 is 0 Å². The van der Waals surface area contributed by atoms with Crippen molar-refractivity contribution in [1.82, 2.24) is 0 Å². The summed E-state index contributed by atoms with van der Waals surface area (Å²) >= 11 is 0. The van der Waals surface area contributed by atoms with E-state index in [0.717, 1.165) is 19.3 Å². The van der Waals surface area contributed by atoms with E-state index in [2.05, 4.69) is 24.3 Å².